The van der Waals surface area contributed by atoms with E-state index in [1.54, 1.807) is 30.3 Å². The van der Waals surface area contributed by atoms with E-state index in [4.69, 9.17) is 11.1 Å². The molecule has 2 amide bonds. The summed E-state index contributed by atoms with van der Waals surface area (Å²) < 4.78 is 39.0. The minimum atomic E-state index is -4.51. The highest BCUT2D eigenvalue weighted by Gasteiger charge is 2.35. The van der Waals surface area contributed by atoms with Gasteiger partial charge in [0.15, 0.2) is 0 Å². The number of nitrogens with zero attached hydrogens (tertiary/aromatic N) is 2. The summed E-state index contributed by atoms with van der Waals surface area (Å²) in [6.45, 7) is 2.35. The highest BCUT2D eigenvalue weighted by molar-refractivity contribution is 6.06. The predicted molar refractivity (Wildman–Crippen MR) is 144 cm³/mol. The van der Waals surface area contributed by atoms with E-state index in [0.717, 1.165) is 16.0 Å². The molecule has 2 aromatic rings. The van der Waals surface area contributed by atoms with Crippen molar-refractivity contribution < 1.29 is 28.2 Å². The third-order valence-corrected chi connectivity index (χ3v) is 6.52. The van der Waals surface area contributed by atoms with Gasteiger partial charge < -0.3 is 21.3 Å². The summed E-state index contributed by atoms with van der Waals surface area (Å²) in [7, 11) is 0. The van der Waals surface area contributed by atoms with Gasteiger partial charge in [-0.05, 0) is 50.0 Å². The fourth-order valence-corrected chi connectivity index (χ4v) is 4.24. The van der Waals surface area contributed by atoms with Crippen molar-refractivity contribution in [3.8, 4) is 0 Å². The maximum Gasteiger partial charge on any atom is 0.390 e. The Bertz CT molecular complexity index is 1260. The quantitative estimate of drug-likeness (QED) is 0.259. The van der Waals surface area contributed by atoms with Crippen LogP contribution >= 0.6 is 0 Å². The number of aliphatic hydroxyl groups excluding tert-OH is 1. The lowest BCUT2D eigenvalue weighted by Gasteiger charge is -2.33. The number of urea groups is 1. The molecule has 0 spiro atoms. The molecule has 0 bridgehead atoms. The Balaban J connectivity index is 1.84. The molecule has 1 aliphatic carbocycles. The van der Waals surface area contributed by atoms with Crippen LogP contribution in [0.25, 0.3) is 0 Å². The number of benzene rings is 2. The van der Waals surface area contributed by atoms with Crippen LogP contribution in [0, 0.1) is 19.3 Å². The number of rotatable bonds is 7. The minimum Gasteiger partial charge on any atom is -0.400 e. The van der Waals surface area contributed by atoms with E-state index in [0.29, 0.717) is 22.5 Å². The van der Waals surface area contributed by atoms with E-state index in [1.807, 2.05) is 32.0 Å². The third-order valence-electron chi connectivity index (χ3n) is 6.52. The van der Waals surface area contributed by atoms with Crippen molar-refractivity contribution in [3.05, 3.63) is 76.5 Å². The first-order chi connectivity index (χ1) is 18.3. The lowest BCUT2D eigenvalue weighted by Crippen LogP contribution is -2.46. The molecule has 6 N–H and O–H groups in total. The minimum absolute atomic E-state index is 0.0389. The largest absolute Gasteiger partial charge is 0.400 e. The first kappa shape index (κ1) is 29.9. The number of nitrogens with one attached hydrogen (secondary N) is 2. The highest BCUT2D eigenvalue weighted by Crippen LogP contribution is 2.32. The summed E-state index contributed by atoms with van der Waals surface area (Å²) in [4.78, 5) is 18.4. The van der Waals surface area contributed by atoms with Gasteiger partial charge in [0.2, 0.25) is 0 Å². The van der Waals surface area contributed by atoms with E-state index < -0.39 is 37.4 Å². The Hall–Kier alpha value is -3.70. The number of aliphatic hydroxyl groups is 2. The molecule has 39 heavy (non-hydrogen) atoms. The van der Waals surface area contributed by atoms with Gasteiger partial charge in [-0.1, -0.05) is 42.0 Å². The molecular formula is C28H34F3N5O3. The number of allylic oxidation sites excluding steroid dienone is 1. The van der Waals surface area contributed by atoms with Gasteiger partial charge in [-0.15, -0.1) is 0 Å². The molecule has 210 valence electrons. The topological polar surface area (TPSA) is 135 Å². The molecule has 0 radical (unpaired) electrons. The Morgan fingerprint density at radius 1 is 1.18 bits per heavy atom. The number of aliphatic imine (C=N–C) groups is 1. The maximum atomic E-state index is 13.0. The van der Waals surface area contributed by atoms with Crippen LogP contribution in [-0.4, -0.2) is 64.2 Å². The Morgan fingerprint density at radius 3 is 2.49 bits per heavy atom. The zero-order valence-electron chi connectivity index (χ0n) is 22.0. The van der Waals surface area contributed by atoms with Gasteiger partial charge in [0.25, 0.3) is 0 Å². The van der Waals surface area contributed by atoms with E-state index in [2.05, 4.69) is 10.3 Å². The van der Waals surface area contributed by atoms with Crippen molar-refractivity contribution in [1.82, 2.24) is 10.2 Å². The Morgan fingerprint density at radius 2 is 1.87 bits per heavy atom. The van der Waals surface area contributed by atoms with Crippen LogP contribution in [0.15, 0.2) is 64.8 Å². The van der Waals surface area contributed by atoms with Crippen molar-refractivity contribution in [2.45, 2.75) is 51.3 Å². The summed E-state index contributed by atoms with van der Waals surface area (Å²) >= 11 is 0. The van der Waals surface area contributed by atoms with Gasteiger partial charge in [0.1, 0.15) is 5.84 Å². The van der Waals surface area contributed by atoms with Crippen molar-refractivity contribution in [3.63, 3.8) is 0 Å². The van der Waals surface area contributed by atoms with Crippen LogP contribution in [0.3, 0.4) is 0 Å². The van der Waals surface area contributed by atoms with Gasteiger partial charge >= 0.3 is 12.2 Å². The highest BCUT2D eigenvalue weighted by atomic mass is 19.4. The van der Waals surface area contributed by atoms with Gasteiger partial charge in [0.05, 0.1) is 30.9 Å². The van der Waals surface area contributed by atoms with Crippen LogP contribution in [0.2, 0.25) is 0 Å². The van der Waals surface area contributed by atoms with Crippen LogP contribution in [-0.2, 0) is 0 Å². The van der Waals surface area contributed by atoms with Crippen LogP contribution in [0.5, 0.6) is 0 Å². The number of carbonyl (C=O) groups excluding carboxylic acids is 1. The average Bonchev–Trinajstić information content (AvgIpc) is 2.87. The third kappa shape index (κ3) is 8.39. The number of alkyl halides is 3. The van der Waals surface area contributed by atoms with Crippen LogP contribution < -0.4 is 11.1 Å². The number of carbonyl (C=O) groups is 1. The zero-order chi connectivity index (χ0) is 28.8. The molecule has 11 heteroatoms. The molecule has 1 aliphatic rings. The maximum absolute atomic E-state index is 13.0. The number of hydrogen-bond donors (Lipinski definition) is 5. The second-order valence-corrected chi connectivity index (χ2v) is 9.85. The SMILES string of the molecule is Cc1ccc(C(=N)N(CCC(F)(F)F)C(=O)NC/C(N)=C2\CCC(O)(CO)CC2=Nc2cccc(C)c2)cc1. The number of nitrogens with two attached hydrogens (primary N) is 1. The van der Waals surface area contributed by atoms with Crippen molar-refractivity contribution in [2.24, 2.45) is 10.7 Å². The standard InChI is InChI=1S/C28H34F3N5O3/c1-18-6-8-20(9-7-18)25(33)36(13-12-28(29,30)31)26(38)34-16-23(32)22-10-11-27(39,17-37)15-24(22)35-21-5-3-4-19(2)14-21/h3-9,14,33,37,39H,10-13,15-17,32H2,1-2H3,(H,34,38)/b23-22-,33-25?,35-24?. The lowest BCUT2D eigenvalue weighted by molar-refractivity contribution is -0.135. The first-order valence-corrected chi connectivity index (χ1v) is 12.5. The number of aryl methyl sites for hydroxylation is 2. The van der Waals surface area contributed by atoms with Crippen molar-refractivity contribution in [2.75, 3.05) is 19.7 Å². The number of hydrogen-bond acceptors (Lipinski definition) is 6. The van der Waals surface area contributed by atoms with Gasteiger partial charge in [0, 0.05) is 29.9 Å². The van der Waals surface area contributed by atoms with Crippen LogP contribution in [0.4, 0.5) is 23.7 Å². The lowest BCUT2D eigenvalue weighted by atomic mass is 9.80. The molecule has 0 aliphatic heterocycles. The van der Waals surface area contributed by atoms with E-state index in [9.17, 15) is 28.2 Å². The molecule has 1 unspecified atom stereocenters. The van der Waals surface area contributed by atoms with Crippen molar-refractivity contribution >= 4 is 23.3 Å². The fourth-order valence-electron chi connectivity index (χ4n) is 4.24. The fraction of sp³-hybridized carbons (Fsp3) is 0.393. The molecule has 1 atom stereocenters. The first-order valence-electron chi connectivity index (χ1n) is 12.5. The number of amides is 2. The molecule has 0 heterocycles. The molecule has 8 nitrogen and oxygen atoms in total. The molecule has 1 saturated carbocycles. The molecule has 1 fully saturated rings. The smallest absolute Gasteiger partial charge is 0.390 e. The monoisotopic (exact) mass is 545 g/mol. The zero-order valence-corrected chi connectivity index (χ0v) is 22.0. The predicted octanol–water partition coefficient (Wildman–Crippen LogP) is 4.49. The summed E-state index contributed by atoms with van der Waals surface area (Å²) in [6.07, 6.45) is -5.26. The summed E-state index contributed by atoms with van der Waals surface area (Å²) in [6, 6.07) is 13.0. The molecule has 0 aromatic heterocycles. The summed E-state index contributed by atoms with van der Waals surface area (Å²) in [5.74, 6) is -0.365. The Kier molecular flexibility index (Phi) is 9.52. The molecule has 3 rings (SSSR count). The van der Waals surface area contributed by atoms with E-state index >= 15 is 0 Å². The molecule has 0 saturated heterocycles. The van der Waals surface area contributed by atoms with E-state index in [1.165, 1.54) is 0 Å². The number of halogens is 3. The van der Waals surface area contributed by atoms with Gasteiger partial charge in [-0.3, -0.25) is 15.3 Å². The van der Waals surface area contributed by atoms with Crippen LogP contribution in [0.1, 0.15) is 42.4 Å². The van der Waals surface area contributed by atoms with E-state index in [-0.39, 0.29) is 37.3 Å². The molecular weight excluding hydrogens is 511 g/mol. The van der Waals surface area contributed by atoms with Gasteiger partial charge in [-0.2, -0.15) is 13.2 Å². The number of amidine groups is 1. The molecule has 2 aromatic carbocycles. The van der Waals surface area contributed by atoms with Crippen molar-refractivity contribution in [1.29, 1.82) is 5.41 Å². The normalized spacial score (nSPS) is 20.0. The summed E-state index contributed by atoms with van der Waals surface area (Å²) in [5.41, 5.74) is 9.05. The second-order valence-electron chi connectivity index (χ2n) is 9.85. The second kappa shape index (κ2) is 12.4. The van der Waals surface area contributed by atoms with Gasteiger partial charge in [-0.25, -0.2) is 4.79 Å². The average molecular weight is 546 g/mol. The summed E-state index contributed by atoms with van der Waals surface area (Å²) in [5, 5.41) is 31.3. The Labute approximate surface area is 225 Å².